The first-order valence-corrected chi connectivity index (χ1v) is 8.49. The van der Waals surface area contributed by atoms with Crippen molar-refractivity contribution in [1.82, 2.24) is 9.80 Å². The Morgan fingerprint density at radius 2 is 2.05 bits per heavy atom. The molecule has 0 aliphatic carbocycles. The lowest BCUT2D eigenvalue weighted by atomic mass is 9.94. The first kappa shape index (κ1) is 15.5. The van der Waals surface area contributed by atoms with Gasteiger partial charge in [-0.15, -0.1) is 0 Å². The van der Waals surface area contributed by atoms with E-state index in [1.807, 2.05) is 5.38 Å². The van der Waals surface area contributed by atoms with Gasteiger partial charge in [0.05, 0.1) is 18.8 Å². The fourth-order valence-electron chi connectivity index (χ4n) is 3.25. The highest BCUT2D eigenvalue weighted by Crippen LogP contribution is 2.25. The second kappa shape index (κ2) is 6.76. The van der Waals surface area contributed by atoms with Crippen molar-refractivity contribution in [2.24, 2.45) is 0 Å². The second-order valence-corrected chi connectivity index (χ2v) is 6.47. The van der Waals surface area contributed by atoms with Gasteiger partial charge < -0.3 is 14.7 Å². The van der Waals surface area contributed by atoms with Crippen molar-refractivity contribution in [1.29, 1.82) is 0 Å². The van der Waals surface area contributed by atoms with Gasteiger partial charge in [-0.2, -0.15) is 11.3 Å². The maximum atomic E-state index is 12.5. The minimum Gasteiger partial charge on any atom is -0.480 e. The zero-order chi connectivity index (χ0) is 15.5. The van der Waals surface area contributed by atoms with Crippen LogP contribution in [0.25, 0.3) is 0 Å². The van der Waals surface area contributed by atoms with Crippen LogP contribution in [0.5, 0.6) is 0 Å². The molecule has 1 aromatic heterocycles. The maximum Gasteiger partial charge on any atom is 0.326 e. The van der Waals surface area contributed by atoms with Crippen LogP contribution in [0.4, 0.5) is 0 Å². The number of morpholine rings is 1. The third kappa shape index (κ3) is 3.16. The molecule has 0 unspecified atom stereocenters. The zero-order valence-corrected chi connectivity index (χ0v) is 13.1. The van der Waals surface area contributed by atoms with Gasteiger partial charge in [0.25, 0.3) is 5.91 Å². The summed E-state index contributed by atoms with van der Waals surface area (Å²) in [5, 5.41) is 13.1. The summed E-state index contributed by atoms with van der Waals surface area (Å²) in [5.41, 5.74) is 0.584. The highest BCUT2D eigenvalue weighted by molar-refractivity contribution is 7.08. The normalized spacial score (nSPS) is 26.8. The largest absolute Gasteiger partial charge is 0.480 e. The van der Waals surface area contributed by atoms with Crippen molar-refractivity contribution in [3.63, 3.8) is 0 Å². The fraction of sp³-hybridized carbons (Fsp3) is 0.600. The lowest BCUT2D eigenvalue weighted by Gasteiger charge is -2.42. The number of amides is 1. The first-order valence-electron chi connectivity index (χ1n) is 7.54. The van der Waals surface area contributed by atoms with Gasteiger partial charge in [-0.25, -0.2) is 4.79 Å². The molecule has 1 aromatic rings. The van der Waals surface area contributed by atoms with Gasteiger partial charge in [0.1, 0.15) is 6.04 Å². The minimum absolute atomic E-state index is 0.172. The molecule has 0 saturated carbocycles. The number of piperidine rings is 1. The predicted molar refractivity (Wildman–Crippen MR) is 82.2 cm³/mol. The third-order valence-electron chi connectivity index (χ3n) is 4.45. The van der Waals surface area contributed by atoms with E-state index < -0.39 is 12.0 Å². The van der Waals surface area contributed by atoms with Gasteiger partial charge in [-0.05, 0) is 24.3 Å². The Labute approximate surface area is 133 Å². The Morgan fingerprint density at radius 3 is 2.68 bits per heavy atom. The van der Waals surface area contributed by atoms with Crippen LogP contribution in [-0.4, -0.2) is 71.7 Å². The smallest absolute Gasteiger partial charge is 0.326 e. The van der Waals surface area contributed by atoms with Crippen molar-refractivity contribution in [2.45, 2.75) is 24.9 Å². The number of carbonyl (C=O) groups excluding carboxylic acids is 1. The number of likely N-dealkylation sites (tertiary alicyclic amines) is 1. The van der Waals surface area contributed by atoms with Gasteiger partial charge in [0.2, 0.25) is 0 Å². The first-order chi connectivity index (χ1) is 10.7. The molecule has 7 heteroatoms. The molecule has 0 aromatic carbocycles. The molecule has 2 fully saturated rings. The Balaban J connectivity index is 1.71. The molecular formula is C15H20N2O4S. The summed E-state index contributed by atoms with van der Waals surface area (Å²) in [6.45, 7) is 3.58. The van der Waals surface area contributed by atoms with E-state index in [1.54, 1.807) is 11.4 Å². The van der Waals surface area contributed by atoms with Crippen molar-refractivity contribution in [3.05, 3.63) is 22.4 Å². The van der Waals surface area contributed by atoms with E-state index in [2.05, 4.69) is 4.90 Å². The summed E-state index contributed by atoms with van der Waals surface area (Å²) in [5.74, 6) is -1.09. The lowest BCUT2D eigenvalue weighted by Crippen LogP contribution is -2.56. The number of rotatable bonds is 3. The number of carboxylic acid groups (broad SMARTS) is 1. The summed E-state index contributed by atoms with van der Waals surface area (Å²) in [6, 6.07) is 1.23. The van der Waals surface area contributed by atoms with E-state index in [0.717, 1.165) is 19.5 Å². The standard InChI is InChI=1S/C15H20N2O4S/c18-14(11-2-8-22-10-11)17-3-1-12(9-13(17)15(19)20)16-4-6-21-7-5-16/h2,8,10,12-13H,1,3-7,9H2,(H,19,20)/t12-,13-/m1/s1. The number of carboxylic acids is 1. The molecule has 0 bridgehead atoms. The summed E-state index contributed by atoms with van der Waals surface area (Å²) in [7, 11) is 0. The fourth-order valence-corrected chi connectivity index (χ4v) is 3.88. The molecule has 3 rings (SSSR count). The maximum absolute atomic E-state index is 12.5. The highest BCUT2D eigenvalue weighted by atomic mass is 32.1. The number of ether oxygens (including phenoxy) is 1. The number of carbonyl (C=O) groups is 2. The topological polar surface area (TPSA) is 70.1 Å². The van der Waals surface area contributed by atoms with E-state index in [1.165, 1.54) is 16.2 Å². The minimum atomic E-state index is -0.915. The molecule has 2 aliphatic heterocycles. The Morgan fingerprint density at radius 1 is 1.27 bits per heavy atom. The van der Waals surface area contributed by atoms with Crippen LogP contribution in [0, 0.1) is 0 Å². The van der Waals surface area contributed by atoms with Crippen molar-refractivity contribution in [3.8, 4) is 0 Å². The molecule has 3 heterocycles. The van der Waals surface area contributed by atoms with E-state index in [-0.39, 0.29) is 11.9 Å². The molecular weight excluding hydrogens is 304 g/mol. The third-order valence-corrected chi connectivity index (χ3v) is 5.13. The monoisotopic (exact) mass is 324 g/mol. The number of aliphatic carboxylic acids is 1. The van der Waals surface area contributed by atoms with Crippen molar-refractivity contribution in [2.75, 3.05) is 32.8 Å². The van der Waals surface area contributed by atoms with Gasteiger partial charge in [0.15, 0.2) is 0 Å². The summed E-state index contributed by atoms with van der Waals surface area (Å²) >= 11 is 1.45. The summed E-state index contributed by atoms with van der Waals surface area (Å²) in [4.78, 5) is 27.9. The van der Waals surface area contributed by atoms with Gasteiger partial charge in [-0.3, -0.25) is 9.69 Å². The molecule has 0 radical (unpaired) electrons. The molecule has 22 heavy (non-hydrogen) atoms. The molecule has 1 N–H and O–H groups in total. The van der Waals surface area contributed by atoms with Crippen LogP contribution < -0.4 is 0 Å². The summed E-state index contributed by atoms with van der Waals surface area (Å²) in [6.07, 6.45) is 1.31. The van der Waals surface area contributed by atoms with Gasteiger partial charge in [0, 0.05) is 31.1 Å². The predicted octanol–water partition coefficient (Wildman–Crippen LogP) is 1.14. The Bertz CT molecular complexity index is 528. The quantitative estimate of drug-likeness (QED) is 0.903. The molecule has 0 spiro atoms. The second-order valence-electron chi connectivity index (χ2n) is 5.69. The average molecular weight is 324 g/mol. The van der Waals surface area contributed by atoms with Crippen LogP contribution in [0.1, 0.15) is 23.2 Å². The summed E-state index contributed by atoms with van der Waals surface area (Å²) < 4.78 is 5.35. The van der Waals surface area contributed by atoms with Crippen molar-refractivity contribution >= 4 is 23.2 Å². The van der Waals surface area contributed by atoms with E-state index >= 15 is 0 Å². The number of nitrogens with zero attached hydrogens (tertiary/aromatic N) is 2. The van der Waals surface area contributed by atoms with Crippen LogP contribution in [0.2, 0.25) is 0 Å². The van der Waals surface area contributed by atoms with Crippen LogP contribution >= 0.6 is 11.3 Å². The number of thiophene rings is 1. The molecule has 120 valence electrons. The average Bonchev–Trinajstić information content (AvgIpc) is 3.09. The van der Waals surface area contributed by atoms with E-state index in [9.17, 15) is 14.7 Å². The van der Waals surface area contributed by atoms with Crippen molar-refractivity contribution < 1.29 is 19.4 Å². The molecule has 1 amide bonds. The lowest BCUT2D eigenvalue weighted by molar-refractivity contribution is -0.144. The molecule has 2 aliphatic rings. The Kier molecular flexibility index (Phi) is 4.75. The SMILES string of the molecule is O=C(O)[C@H]1C[C@H](N2CCOCC2)CCN1C(=O)c1ccsc1. The highest BCUT2D eigenvalue weighted by Gasteiger charge is 2.38. The van der Waals surface area contributed by atoms with Crippen LogP contribution in [0.3, 0.4) is 0 Å². The van der Waals surface area contributed by atoms with Gasteiger partial charge >= 0.3 is 5.97 Å². The van der Waals surface area contributed by atoms with E-state index in [0.29, 0.717) is 31.7 Å². The van der Waals surface area contributed by atoms with Gasteiger partial charge in [-0.1, -0.05) is 0 Å². The van der Waals surface area contributed by atoms with Crippen LogP contribution in [-0.2, 0) is 9.53 Å². The van der Waals surface area contributed by atoms with E-state index in [4.69, 9.17) is 4.74 Å². The zero-order valence-electron chi connectivity index (χ0n) is 12.3. The van der Waals surface area contributed by atoms with Crippen LogP contribution in [0.15, 0.2) is 16.8 Å². The number of hydrogen-bond acceptors (Lipinski definition) is 5. The molecule has 6 nitrogen and oxygen atoms in total. The molecule has 2 saturated heterocycles. The Hall–Kier alpha value is -1.44. The number of hydrogen-bond donors (Lipinski definition) is 1. The molecule has 2 atom stereocenters.